The van der Waals surface area contributed by atoms with E-state index in [0.29, 0.717) is 27.2 Å². The minimum atomic E-state index is -4.33. The summed E-state index contributed by atoms with van der Waals surface area (Å²) in [7, 11) is 0. The first-order valence-electron chi connectivity index (χ1n) is 10.0. The number of benzene rings is 2. The molecular weight excluding hydrogens is 477 g/mol. The second-order valence-corrected chi connectivity index (χ2v) is 7.95. The lowest BCUT2D eigenvalue weighted by Gasteiger charge is -2.09. The van der Waals surface area contributed by atoms with Crippen LogP contribution in [0.25, 0.3) is 11.0 Å². The summed E-state index contributed by atoms with van der Waals surface area (Å²) in [4.78, 5) is 24.4. The van der Waals surface area contributed by atoms with Crippen LogP contribution in [0.4, 0.5) is 18.0 Å². The van der Waals surface area contributed by atoms with Crippen molar-refractivity contribution in [3.8, 4) is 5.75 Å². The molecule has 182 valence electrons. The third-order valence-electron chi connectivity index (χ3n) is 4.46. The van der Waals surface area contributed by atoms with Gasteiger partial charge in [-0.1, -0.05) is 18.2 Å². The Kier molecular flexibility index (Phi) is 8.79. The maximum absolute atomic E-state index is 12.7. The SMILES string of the molecule is O=C(NO)Sc1ccc(OCCNC(=O)c2oc3ccccc3c2COCCC(F)(F)F)cc1. The fourth-order valence-electron chi connectivity index (χ4n) is 2.94. The molecule has 1 aromatic heterocycles. The number of carbonyl (C=O) groups is 2. The van der Waals surface area contributed by atoms with E-state index < -0.39 is 30.4 Å². The fourth-order valence-corrected chi connectivity index (χ4v) is 3.47. The molecule has 0 aliphatic rings. The van der Waals surface area contributed by atoms with Gasteiger partial charge in [-0.05, 0) is 42.1 Å². The van der Waals surface area contributed by atoms with Crippen LogP contribution in [0.2, 0.25) is 0 Å². The van der Waals surface area contributed by atoms with E-state index in [1.807, 2.05) is 0 Å². The van der Waals surface area contributed by atoms with Gasteiger partial charge in [0, 0.05) is 15.8 Å². The molecule has 0 spiro atoms. The molecular formula is C22H21F3N2O6S. The zero-order valence-corrected chi connectivity index (χ0v) is 18.5. The van der Waals surface area contributed by atoms with Crippen molar-refractivity contribution in [2.75, 3.05) is 19.8 Å². The minimum absolute atomic E-state index is 0.0308. The summed E-state index contributed by atoms with van der Waals surface area (Å²) < 4.78 is 53.4. The number of furan rings is 1. The number of carbonyl (C=O) groups excluding carboxylic acids is 2. The molecule has 2 amide bonds. The highest BCUT2D eigenvalue weighted by Crippen LogP contribution is 2.27. The van der Waals surface area contributed by atoms with E-state index >= 15 is 0 Å². The number of para-hydroxylation sites is 1. The molecule has 0 atom stereocenters. The van der Waals surface area contributed by atoms with Gasteiger partial charge in [-0.15, -0.1) is 0 Å². The summed E-state index contributed by atoms with van der Waals surface area (Å²) in [5.41, 5.74) is 2.31. The van der Waals surface area contributed by atoms with Gasteiger partial charge < -0.3 is 19.2 Å². The predicted octanol–water partition coefficient (Wildman–Crippen LogP) is 4.90. The predicted molar refractivity (Wildman–Crippen MR) is 117 cm³/mol. The van der Waals surface area contributed by atoms with E-state index in [0.717, 1.165) is 11.8 Å². The molecule has 1 heterocycles. The van der Waals surface area contributed by atoms with Crippen molar-refractivity contribution < 1.29 is 41.9 Å². The monoisotopic (exact) mass is 498 g/mol. The number of fused-ring (bicyclic) bond motifs is 1. The fraction of sp³-hybridized carbons (Fsp3) is 0.273. The Morgan fingerprint density at radius 3 is 2.50 bits per heavy atom. The van der Waals surface area contributed by atoms with Crippen LogP contribution in [0.15, 0.2) is 57.8 Å². The number of thioether (sulfide) groups is 1. The number of ether oxygens (including phenoxy) is 2. The maximum Gasteiger partial charge on any atom is 0.391 e. The van der Waals surface area contributed by atoms with Crippen molar-refractivity contribution in [1.82, 2.24) is 10.8 Å². The minimum Gasteiger partial charge on any atom is -0.492 e. The largest absolute Gasteiger partial charge is 0.492 e. The van der Waals surface area contributed by atoms with Crippen molar-refractivity contribution in [1.29, 1.82) is 0 Å². The van der Waals surface area contributed by atoms with Crippen LogP contribution in [-0.4, -0.2) is 42.3 Å². The van der Waals surface area contributed by atoms with Crippen LogP contribution >= 0.6 is 11.8 Å². The first-order chi connectivity index (χ1) is 16.3. The van der Waals surface area contributed by atoms with E-state index in [-0.39, 0.29) is 25.5 Å². The molecule has 0 unspecified atom stereocenters. The molecule has 0 radical (unpaired) electrons. The van der Waals surface area contributed by atoms with Gasteiger partial charge in [-0.25, -0.2) is 5.48 Å². The molecule has 3 rings (SSSR count). The second-order valence-electron chi connectivity index (χ2n) is 6.90. The highest BCUT2D eigenvalue weighted by Gasteiger charge is 2.27. The molecule has 0 fully saturated rings. The highest BCUT2D eigenvalue weighted by molar-refractivity contribution is 8.13. The zero-order chi connectivity index (χ0) is 24.6. The highest BCUT2D eigenvalue weighted by atomic mass is 32.2. The van der Waals surface area contributed by atoms with E-state index in [4.69, 9.17) is 19.1 Å². The lowest BCUT2D eigenvalue weighted by molar-refractivity contribution is -0.146. The summed E-state index contributed by atoms with van der Waals surface area (Å²) in [5, 5.41) is 11.1. The molecule has 0 saturated heterocycles. The van der Waals surface area contributed by atoms with Gasteiger partial charge in [-0.3, -0.25) is 14.8 Å². The number of alkyl halides is 3. The van der Waals surface area contributed by atoms with Crippen LogP contribution in [-0.2, 0) is 11.3 Å². The first kappa shape index (κ1) is 25.4. The van der Waals surface area contributed by atoms with Crippen molar-refractivity contribution in [2.45, 2.75) is 24.1 Å². The summed E-state index contributed by atoms with van der Waals surface area (Å²) >= 11 is 0.804. The topological polar surface area (TPSA) is 110 Å². The quantitative estimate of drug-likeness (QED) is 0.158. The van der Waals surface area contributed by atoms with Gasteiger partial charge in [0.1, 0.15) is 17.9 Å². The summed E-state index contributed by atoms with van der Waals surface area (Å²) in [6, 6.07) is 13.3. The Hall–Kier alpha value is -3.22. The molecule has 3 aromatic rings. The van der Waals surface area contributed by atoms with E-state index in [9.17, 15) is 22.8 Å². The molecule has 0 aliphatic carbocycles. The van der Waals surface area contributed by atoms with Crippen LogP contribution in [0.5, 0.6) is 5.75 Å². The summed E-state index contributed by atoms with van der Waals surface area (Å²) in [6.07, 6.45) is -5.41. The van der Waals surface area contributed by atoms with Crippen molar-refractivity contribution in [3.63, 3.8) is 0 Å². The van der Waals surface area contributed by atoms with E-state index in [2.05, 4.69) is 5.32 Å². The van der Waals surface area contributed by atoms with Crippen molar-refractivity contribution >= 4 is 33.9 Å². The molecule has 0 saturated carbocycles. The van der Waals surface area contributed by atoms with Gasteiger partial charge in [0.2, 0.25) is 0 Å². The lowest BCUT2D eigenvalue weighted by Crippen LogP contribution is -2.28. The van der Waals surface area contributed by atoms with Crippen LogP contribution in [0.3, 0.4) is 0 Å². The molecule has 0 bridgehead atoms. The van der Waals surface area contributed by atoms with Gasteiger partial charge >= 0.3 is 11.4 Å². The van der Waals surface area contributed by atoms with Crippen LogP contribution in [0, 0.1) is 0 Å². The van der Waals surface area contributed by atoms with E-state index in [1.165, 1.54) is 5.48 Å². The zero-order valence-electron chi connectivity index (χ0n) is 17.7. The van der Waals surface area contributed by atoms with Gasteiger partial charge in [0.05, 0.1) is 26.2 Å². The van der Waals surface area contributed by atoms with Gasteiger partial charge in [0.25, 0.3) is 5.91 Å². The number of hydrogen-bond donors (Lipinski definition) is 3. The summed E-state index contributed by atoms with van der Waals surface area (Å²) in [6.45, 7) is -0.467. The first-order valence-corrected chi connectivity index (χ1v) is 10.9. The average Bonchev–Trinajstić information content (AvgIpc) is 3.18. The smallest absolute Gasteiger partial charge is 0.391 e. The molecule has 8 nitrogen and oxygen atoms in total. The molecule has 12 heteroatoms. The standard InChI is InChI=1S/C22H21F3N2O6S/c23-22(24,25)9-11-31-13-17-16-3-1-2-4-18(16)33-19(17)20(28)26-10-12-32-14-5-7-15(8-6-14)34-21(29)27-30/h1-8,30H,9-13H2,(H,26,28)(H,27,29). The Morgan fingerprint density at radius 2 is 1.79 bits per heavy atom. The van der Waals surface area contributed by atoms with Crippen LogP contribution in [0.1, 0.15) is 22.5 Å². The average molecular weight is 498 g/mol. The molecule has 0 aliphatic heterocycles. The molecule has 2 aromatic carbocycles. The number of hydrogen-bond acceptors (Lipinski definition) is 7. The Labute approximate surface area is 196 Å². The molecule has 3 N–H and O–H groups in total. The number of amides is 2. The number of hydroxylamine groups is 1. The Balaban J connectivity index is 1.54. The second kappa shape index (κ2) is 11.8. The third kappa shape index (κ3) is 7.40. The number of rotatable bonds is 10. The number of nitrogens with one attached hydrogen (secondary N) is 2. The van der Waals surface area contributed by atoms with E-state index in [1.54, 1.807) is 48.5 Å². The van der Waals surface area contributed by atoms with Gasteiger partial charge in [-0.2, -0.15) is 13.2 Å². The third-order valence-corrected chi connectivity index (χ3v) is 5.25. The Bertz CT molecular complexity index is 1120. The van der Waals surface area contributed by atoms with Gasteiger partial charge in [0.15, 0.2) is 5.76 Å². The summed E-state index contributed by atoms with van der Waals surface area (Å²) in [5.74, 6) is -0.0711. The normalized spacial score (nSPS) is 11.4. The van der Waals surface area contributed by atoms with Crippen LogP contribution < -0.4 is 15.5 Å². The lowest BCUT2D eigenvalue weighted by atomic mass is 10.1. The molecule has 34 heavy (non-hydrogen) atoms. The van der Waals surface area contributed by atoms with Crippen molar-refractivity contribution in [3.05, 3.63) is 59.9 Å². The number of halogens is 3. The maximum atomic E-state index is 12.7. The Morgan fingerprint density at radius 1 is 1.06 bits per heavy atom. The van der Waals surface area contributed by atoms with Crippen molar-refractivity contribution in [2.24, 2.45) is 0 Å².